The van der Waals surface area contributed by atoms with Crippen LogP contribution >= 0.6 is 0 Å². The number of likely N-dealkylation sites (tertiary alicyclic amines) is 1. The van der Waals surface area contributed by atoms with Gasteiger partial charge in [-0.15, -0.1) is 0 Å². The molecule has 0 aromatic carbocycles. The highest BCUT2D eigenvalue weighted by atomic mass is 16.2. The molecule has 0 aliphatic carbocycles. The van der Waals surface area contributed by atoms with Crippen LogP contribution in [0.1, 0.15) is 13.8 Å². The summed E-state index contributed by atoms with van der Waals surface area (Å²) in [5, 5.41) is 2.54. The Morgan fingerprint density at radius 2 is 2.07 bits per heavy atom. The first-order valence-corrected chi connectivity index (χ1v) is 5.40. The number of hydrogen-bond acceptors (Lipinski definition) is 3. The van der Waals surface area contributed by atoms with E-state index in [1.165, 1.54) is 4.90 Å². The fourth-order valence-electron chi connectivity index (χ4n) is 2.18. The van der Waals surface area contributed by atoms with Crippen LogP contribution < -0.4 is 5.32 Å². The molecule has 84 valence electrons. The van der Waals surface area contributed by atoms with Crippen LogP contribution in [0.15, 0.2) is 0 Å². The zero-order chi connectivity index (χ0) is 11.0. The molecule has 3 amide bonds. The second-order valence-electron chi connectivity index (χ2n) is 4.69. The highest BCUT2D eigenvalue weighted by Gasteiger charge is 2.41. The molecule has 0 aromatic heterocycles. The Morgan fingerprint density at radius 1 is 1.40 bits per heavy atom. The summed E-state index contributed by atoms with van der Waals surface area (Å²) in [5.41, 5.74) is 0. The van der Waals surface area contributed by atoms with Crippen molar-refractivity contribution in [3.63, 3.8) is 0 Å². The monoisotopic (exact) mass is 211 g/mol. The van der Waals surface area contributed by atoms with Crippen molar-refractivity contribution in [3.8, 4) is 0 Å². The van der Waals surface area contributed by atoms with Gasteiger partial charge in [0, 0.05) is 19.6 Å². The molecule has 0 radical (unpaired) electrons. The van der Waals surface area contributed by atoms with Gasteiger partial charge in [0.05, 0.1) is 12.6 Å². The van der Waals surface area contributed by atoms with E-state index >= 15 is 0 Å². The first kappa shape index (κ1) is 10.4. The van der Waals surface area contributed by atoms with E-state index in [-0.39, 0.29) is 24.5 Å². The lowest BCUT2D eigenvalue weighted by Gasteiger charge is -2.43. The minimum absolute atomic E-state index is 0.0887. The van der Waals surface area contributed by atoms with Gasteiger partial charge in [-0.3, -0.25) is 14.6 Å². The van der Waals surface area contributed by atoms with E-state index in [0.717, 1.165) is 19.6 Å². The van der Waals surface area contributed by atoms with Crippen LogP contribution in [0.5, 0.6) is 0 Å². The summed E-state index contributed by atoms with van der Waals surface area (Å²) in [5.74, 6) is 0.545. The number of carbonyl (C=O) groups is 2. The molecular formula is C10H17N3O2. The Kier molecular flexibility index (Phi) is 2.65. The van der Waals surface area contributed by atoms with Gasteiger partial charge in [0.25, 0.3) is 0 Å². The Morgan fingerprint density at radius 3 is 2.53 bits per heavy atom. The fourth-order valence-corrected chi connectivity index (χ4v) is 2.18. The Bertz CT molecular complexity index is 268. The van der Waals surface area contributed by atoms with Crippen molar-refractivity contribution >= 4 is 11.9 Å². The van der Waals surface area contributed by atoms with Gasteiger partial charge in [0.15, 0.2) is 0 Å². The zero-order valence-corrected chi connectivity index (χ0v) is 9.19. The van der Waals surface area contributed by atoms with E-state index in [1.807, 2.05) is 0 Å². The molecule has 0 atom stereocenters. The molecule has 15 heavy (non-hydrogen) atoms. The number of hydrogen-bond donors (Lipinski definition) is 1. The third-order valence-electron chi connectivity index (χ3n) is 2.80. The number of nitrogens with one attached hydrogen (secondary N) is 1. The predicted octanol–water partition coefficient (Wildman–Crippen LogP) is -0.122. The minimum Gasteiger partial charge on any atom is -0.329 e. The first-order valence-electron chi connectivity index (χ1n) is 5.40. The van der Waals surface area contributed by atoms with Crippen molar-refractivity contribution in [2.45, 2.75) is 19.9 Å². The zero-order valence-electron chi connectivity index (χ0n) is 9.19. The van der Waals surface area contributed by atoms with Gasteiger partial charge >= 0.3 is 6.03 Å². The average Bonchev–Trinajstić information content (AvgIpc) is 2.39. The van der Waals surface area contributed by atoms with E-state index in [4.69, 9.17) is 0 Å². The van der Waals surface area contributed by atoms with E-state index in [1.54, 1.807) is 0 Å². The summed E-state index contributed by atoms with van der Waals surface area (Å²) in [7, 11) is 0. The smallest absolute Gasteiger partial charge is 0.324 e. The number of rotatable bonds is 3. The Labute approximate surface area is 89.4 Å². The van der Waals surface area contributed by atoms with Gasteiger partial charge in [0.1, 0.15) is 0 Å². The number of amides is 3. The predicted molar refractivity (Wildman–Crippen MR) is 55.3 cm³/mol. The number of imide groups is 1. The summed E-state index contributed by atoms with van der Waals surface area (Å²) in [6, 6.07) is -0.132. The maximum atomic E-state index is 11.4. The Hall–Kier alpha value is -1.10. The van der Waals surface area contributed by atoms with Crippen LogP contribution in [-0.4, -0.2) is 54.0 Å². The highest BCUT2D eigenvalue weighted by molar-refractivity contribution is 6.02. The van der Waals surface area contributed by atoms with Crippen molar-refractivity contribution in [3.05, 3.63) is 0 Å². The summed E-state index contributed by atoms with van der Waals surface area (Å²) in [4.78, 5) is 26.3. The van der Waals surface area contributed by atoms with Gasteiger partial charge in [-0.25, -0.2) is 4.79 Å². The summed E-state index contributed by atoms with van der Waals surface area (Å²) >= 11 is 0. The molecule has 1 N–H and O–H groups in total. The average molecular weight is 211 g/mol. The maximum absolute atomic E-state index is 11.4. The highest BCUT2D eigenvalue weighted by Crippen LogP contribution is 2.18. The van der Waals surface area contributed by atoms with Crippen molar-refractivity contribution in [1.82, 2.24) is 15.1 Å². The molecule has 5 nitrogen and oxygen atoms in total. The SMILES string of the molecule is CC(C)CN1CC(N2C(=O)CNC2=O)C1. The minimum atomic E-state index is -0.228. The number of urea groups is 1. The summed E-state index contributed by atoms with van der Waals surface area (Å²) in [6.45, 7) is 7.20. The van der Waals surface area contributed by atoms with Crippen LogP contribution in [-0.2, 0) is 4.79 Å². The number of nitrogens with zero attached hydrogens (tertiary/aromatic N) is 2. The maximum Gasteiger partial charge on any atom is 0.324 e. The van der Waals surface area contributed by atoms with Crippen molar-refractivity contribution in [2.24, 2.45) is 5.92 Å². The molecule has 2 saturated heterocycles. The molecule has 0 spiro atoms. The van der Waals surface area contributed by atoms with Gasteiger partial charge in [-0.2, -0.15) is 0 Å². The second-order valence-corrected chi connectivity index (χ2v) is 4.69. The second kappa shape index (κ2) is 3.81. The molecule has 2 rings (SSSR count). The fraction of sp³-hybridized carbons (Fsp3) is 0.800. The summed E-state index contributed by atoms with van der Waals surface area (Å²) in [6.07, 6.45) is 0. The lowest BCUT2D eigenvalue weighted by Crippen LogP contribution is -2.61. The normalized spacial score (nSPS) is 23.5. The molecule has 0 saturated carbocycles. The first-order chi connectivity index (χ1) is 7.08. The third kappa shape index (κ3) is 1.97. The van der Waals surface area contributed by atoms with Crippen molar-refractivity contribution < 1.29 is 9.59 Å². The van der Waals surface area contributed by atoms with E-state index in [0.29, 0.717) is 5.92 Å². The van der Waals surface area contributed by atoms with Crippen LogP contribution in [0.3, 0.4) is 0 Å². The van der Waals surface area contributed by atoms with E-state index < -0.39 is 0 Å². The molecule has 2 heterocycles. The molecule has 0 aromatic rings. The molecule has 0 bridgehead atoms. The quantitative estimate of drug-likeness (QED) is 0.662. The molecule has 2 aliphatic rings. The topological polar surface area (TPSA) is 52.6 Å². The molecular weight excluding hydrogens is 194 g/mol. The van der Waals surface area contributed by atoms with E-state index in [2.05, 4.69) is 24.1 Å². The van der Waals surface area contributed by atoms with Crippen molar-refractivity contribution in [2.75, 3.05) is 26.2 Å². The Balaban J connectivity index is 1.83. The summed E-state index contributed by atoms with van der Waals surface area (Å²) < 4.78 is 0. The van der Waals surface area contributed by atoms with Gasteiger partial charge in [-0.1, -0.05) is 13.8 Å². The van der Waals surface area contributed by atoms with Crippen LogP contribution in [0.25, 0.3) is 0 Å². The molecule has 2 aliphatic heterocycles. The van der Waals surface area contributed by atoms with E-state index in [9.17, 15) is 9.59 Å². The number of carbonyl (C=O) groups excluding carboxylic acids is 2. The lowest BCUT2D eigenvalue weighted by molar-refractivity contribution is -0.129. The largest absolute Gasteiger partial charge is 0.329 e. The van der Waals surface area contributed by atoms with Crippen LogP contribution in [0.2, 0.25) is 0 Å². The molecule has 2 fully saturated rings. The lowest BCUT2D eigenvalue weighted by atomic mass is 10.1. The third-order valence-corrected chi connectivity index (χ3v) is 2.80. The van der Waals surface area contributed by atoms with Gasteiger partial charge in [-0.05, 0) is 5.92 Å². The molecule has 5 heteroatoms. The van der Waals surface area contributed by atoms with Crippen molar-refractivity contribution in [1.29, 1.82) is 0 Å². The van der Waals surface area contributed by atoms with Gasteiger partial charge in [0.2, 0.25) is 5.91 Å². The van der Waals surface area contributed by atoms with Crippen LogP contribution in [0, 0.1) is 5.92 Å². The standard InChI is InChI=1S/C10H17N3O2/c1-7(2)4-12-5-8(6-12)13-9(14)3-11-10(13)15/h7-8H,3-6H2,1-2H3,(H,11,15). The molecule has 0 unspecified atom stereocenters. The van der Waals surface area contributed by atoms with Gasteiger partial charge < -0.3 is 5.32 Å². The van der Waals surface area contributed by atoms with Crippen LogP contribution in [0.4, 0.5) is 4.79 Å².